The van der Waals surface area contributed by atoms with Gasteiger partial charge in [0, 0.05) is 6.04 Å². The molecular weight excluding hydrogens is 130 g/mol. The van der Waals surface area contributed by atoms with E-state index in [9.17, 15) is 4.79 Å². The second kappa shape index (κ2) is 3.56. The lowest BCUT2D eigenvalue weighted by Crippen LogP contribution is -2.36. The van der Waals surface area contributed by atoms with Crippen molar-refractivity contribution >= 4 is 5.97 Å². The summed E-state index contributed by atoms with van der Waals surface area (Å²) in [6, 6.07) is -0.266. The number of carboxylic acids is 1. The summed E-state index contributed by atoms with van der Waals surface area (Å²) in [5.41, 5.74) is 5.46. The number of carbonyl (C=O) groups is 1. The lowest BCUT2D eigenvalue weighted by atomic mass is 9.90. The van der Waals surface area contributed by atoms with E-state index in [2.05, 4.69) is 0 Å². The minimum atomic E-state index is -0.801. The number of aliphatic carboxylic acids is 1. The van der Waals surface area contributed by atoms with Crippen molar-refractivity contribution in [2.75, 3.05) is 0 Å². The van der Waals surface area contributed by atoms with Crippen LogP contribution in [0.3, 0.4) is 0 Å². The molecule has 0 fully saturated rings. The van der Waals surface area contributed by atoms with Gasteiger partial charge in [-0.2, -0.15) is 0 Å². The van der Waals surface area contributed by atoms with Crippen molar-refractivity contribution < 1.29 is 9.90 Å². The molecule has 0 aliphatic carbocycles. The summed E-state index contributed by atoms with van der Waals surface area (Å²) in [5.74, 6) is -1.11. The second-order valence-corrected chi connectivity index (χ2v) is 2.97. The van der Waals surface area contributed by atoms with E-state index in [0.29, 0.717) is 0 Å². The van der Waals surface area contributed by atoms with Crippen LogP contribution in [0.4, 0.5) is 0 Å². The lowest BCUT2D eigenvalue weighted by Gasteiger charge is -2.19. The molecule has 0 amide bonds. The van der Waals surface area contributed by atoms with Crippen LogP contribution in [0, 0.1) is 11.8 Å². The SMILES string of the molecule is CC(C)C(C(=O)O)C(C)N. The molecular formula is C7H15NO2. The Bertz CT molecular complexity index is 113. The summed E-state index contributed by atoms with van der Waals surface area (Å²) < 4.78 is 0. The molecule has 0 aromatic rings. The van der Waals surface area contributed by atoms with Gasteiger partial charge in [-0.1, -0.05) is 13.8 Å². The zero-order valence-electron chi connectivity index (χ0n) is 6.66. The summed E-state index contributed by atoms with van der Waals surface area (Å²) in [6.07, 6.45) is 0. The fourth-order valence-corrected chi connectivity index (χ4v) is 1.12. The van der Waals surface area contributed by atoms with Gasteiger partial charge in [0.1, 0.15) is 0 Å². The van der Waals surface area contributed by atoms with Crippen LogP contribution in [0.2, 0.25) is 0 Å². The molecule has 2 atom stereocenters. The molecule has 0 aromatic carbocycles. The molecule has 0 bridgehead atoms. The molecule has 0 aromatic heterocycles. The molecule has 3 N–H and O–H groups in total. The summed E-state index contributed by atoms with van der Waals surface area (Å²) >= 11 is 0. The molecule has 0 heterocycles. The van der Waals surface area contributed by atoms with Crippen LogP contribution >= 0.6 is 0 Å². The van der Waals surface area contributed by atoms with Crippen LogP contribution in [-0.2, 0) is 4.79 Å². The number of nitrogens with two attached hydrogens (primary N) is 1. The number of hydrogen-bond donors (Lipinski definition) is 2. The Morgan fingerprint density at radius 3 is 1.80 bits per heavy atom. The third-order valence-electron chi connectivity index (χ3n) is 1.57. The molecule has 2 unspecified atom stereocenters. The molecule has 3 nitrogen and oxygen atoms in total. The highest BCUT2D eigenvalue weighted by Gasteiger charge is 2.24. The van der Waals surface area contributed by atoms with Crippen molar-refractivity contribution in [1.29, 1.82) is 0 Å². The van der Waals surface area contributed by atoms with Crippen LogP contribution in [0.15, 0.2) is 0 Å². The van der Waals surface area contributed by atoms with Gasteiger partial charge in [-0.3, -0.25) is 4.79 Å². The average molecular weight is 145 g/mol. The summed E-state index contributed by atoms with van der Waals surface area (Å²) in [7, 11) is 0. The Kier molecular flexibility index (Phi) is 3.36. The zero-order valence-corrected chi connectivity index (χ0v) is 6.66. The van der Waals surface area contributed by atoms with E-state index in [1.807, 2.05) is 13.8 Å². The number of hydrogen-bond acceptors (Lipinski definition) is 2. The molecule has 0 saturated carbocycles. The third kappa shape index (κ3) is 2.35. The first kappa shape index (κ1) is 9.43. The van der Waals surface area contributed by atoms with Crippen LogP contribution in [-0.4, -0.2) is 17.1 Å². The predicted molar refractivity (Wildman–Crippen MR) is 39.6 cm³/mol. The Morgan fingerprint density at radius 2 is 1.80 bits per heavy atom. The van der Waals surface area contributed by atoms with E-state index in [1.165, 1.54) is 0 Å². The van der Waals surface area contributed by atoms with Gasteiger partial charge in [0.05, 0.1) is 5.92 Å². The van der Waals surface area contributed by atoms with Crippen LogP contribution in [0.25, 0.3) is 0 Å². The summed E-state index contributed by atoms with van der Waals surface area (Å²) in [6.45, 7) is 5.45. The van der Waals surface area contributed by atoms with Crippen molar-refractivity contribution in [3.63, 3.8) is 0 Å². The second-order valence-electron chi connectivity index (χ2n) is 2.97. The molecule has 3 heteroatoms. The van der Waals surface area contributed by atoms with E-state index >= 15 is 0 Å². The normalized spacial score (nSPS) is 16.9. The van der Waals surface area contributed by atoms with Crippen molar-refractivity contribution in [3.05, 3.63) is 0 Å². The Balaban J connectivity index is 4.12. The number of rotatable bonds is 3. The minimum absolute atomic E-state index is 0.109. The minimum Gasteiger partial charge on any atom is -0.481 e. The van der Waals surface area contributed by atoms with Crippen LogP contribution in [0.1, 0.15) is 20.8 Å². The quantitative estimate of drug-likeness (QED) is 0.614. The van der Waals surface area contributed by atoms with Gasteiger partial charge in [0.2, 0.25) is 0 Å². The fraction of sp³-hybridized carbons (Fsp3) is 0.857. The Hall–Kier alpha value is -0.570. The summed E-state index contributed by atoms with van der Waals surface area (Å²) in [4.78, 5) is 10.5. The highest BCUT2D eigenvalue weighted by molar-refractivity contribution is 5.71. The van der Waals surface area contributed by atoms with Crippen LogP contribution < -0.4 is 5.73 Å². The Labute approximate surface area is 61.2 Å². The van der Waals surface area contributed by atoms with Gasteiger partial charge >= 0.3 is 5.97 Å². The molecule has 0 aliphatic heterocycles. The van der Waals surface area contributed by atoms with Gasteiger partial charge in [0.25, 0.3) is 0 Å². The predicted octanol–water partition coefficient (Wildman–Crippen LogP) is 0.690. The molecule has 0 spiro atoms. The smallest absolute Gasteiger partial charge is 0.308 e. The maximum absolute atomic E-state index is 10.5. The largest absolute Gasteiger partial charge is 0.481 e. The average Bonchev–Trinajstić information content (AvgIpc) is 1.59. The monoisotopic (exact) mass is 145 g/mol. The van der Waals surface area contributed by atoms with E-state index in [-0.39, 0.29) is 12.0 Å². The third-order valence-corrected chi connectivity index (χ3v) is 1.57. The van der Waals surface area contributed by atoms with Gasteiger partial charge in [-0.25, -0.2) is 0 Å². The van der Waals surface area contributed by atoms with Gasteiger partial charge < -0.3 is 10.8 Å². The first-order chi connectivity index (χ1) is 4.46. The van der Waals surface area contributed by atoms with Crippen molar-refractivity contribution in [3.8, 4) is 0 Å². The van der Waals surface area contributed by atoms with E-state index in [0.717, 1.165) is 0 Å². The topological polar surface area (TPSA) is 63.3 Å². The van der Waals surface area contributed by atoms with Crippen molar-refractivity contribution in [2.45, 2.75) is 26.8 Å². The van der Waals surface area contributed by atoms with Crippen molar-refractivity contribution in [1.82, 2.24) is 0 Å². The first-order valence-electron chi connectivity index (χ1n) is 3.45. The maximum Gasteiger partial charge on any atom is 0.308 e. The molecule has 0 radical (unpaired) electrons. The highest BCUT2D eigenvalue weighted by Crippen LogP contribution is 2.13. The molecule has 0 rings (SSSR count). The zero-order chi connectivity index (χ0) is 8.31. The van der Waals surface area contributed by atoms with Gasteiger partial charge in [0.15, 0.2) is 0 Å². The molecule has 60 valence electrons. The standard InChI is InChI=1S/C7H15NO2/c1-4(2)6(5(3)8)7(9)10/h4-6H,8H2,1-3H3,(H,9,10). The lowest BCUT2D eigenvalue weighted by molar-refractivity contribution is -0.143. The first-order valence-corrected chi connectivity index (χ1v) is 3.45. The molecule has 10 heavy (non-hydrogen) atoms. The van der Waals surface area contributed by atoms with Gasteiger partial charge in [-0.15, -0.1) is 0 Å². The van der Waals surface area contributed by atoms with Gasteiger partial charge in [-0.05, 0) is 12.8 Å². The summed E-state index contributed by atoms with van der Waals surface area (Å²) in [5, 5.41) is 8.63. The fourth-order valence-electron chi connectivity index (χ4n) is 1.12. The van der Waals surface area contributed by atoms with E-state index in [4.69, 9.17) is 10.8 Å². The number of carboxylic acid groups (broad SMARTS) is 1. The molecule has 0 aliphatic rings. The van der Waals surface area contributed by atoms with Crippen LogP contribution in [0.5, 0.6) is 0 Å². The maximum atomic E-state index is 10.5. The Morgan fingerprint density at radius 1 is 1.40 bits per heavy atom. The van der Waals surface area contributed by atoms with Crippen molar-refractivity contribution in [2.24, 2.45) is 17.6 Å². The van der Waals surface area contributed by atoms with E-state index < -0.39 is 11.9 Å². The molecule has 0 saturated heterocycles. The highest BCUT2D eigenvalue weighted by atomic mass is 16.4. The van der Waals surface area contributed by atoms with E-state index in [1.54, 1.807) is 6.92 Å².